The lowest BCUT2D eigenvalue weighted by Gasteiger charge is -2.19. The molecular formula is C15H17ClFN3O. The Hall–Kier alpha value is -1.82. The molecule has 0 radical (unpaired) electrons. The second-order valence-electron chi connectivity index (χ2n) is 4.67. The lowest BCUT2D eigenvalue weighted by Crippen LogP contribution is -2.30. The van der Waals surface area contributed by atoms with Gasteiger partial charge in [0.2, 0.25) is 0 Å². The van der Waals surface area contributed by atoms with Crippen LogP contribution in [0.2, 0.25) is 5.02 Å². The van der Waals surface area contributed by atoms with Gasteiger partial charge in [0.25, 0.3) is 0 Å². The molecule has 0 saturated carbocycles. The molecule has 0 bridgehead atoms. The van der Waals surface area contributed by atoms with Crippen molar-refractivity contribution >= 4 is 17.3 Å². The van der Waals surface area contributed by atoms with Gasteiger partial charge in [0.1, 0.15) is 0 Å². The third-order valence-electron chi connectivity index (χ3n) is 3.28. The number of anilines is 1. The van der Waals surface area contributed by atoms with E-state index >= 15 is 0 Å². The molecule has 4 nitrogen and oxygen atoms in total. The predicted octanol–water partition coefficient (Wildman–Crippen LogP) is 2.82. The highest BCUT2D eigenvalue weighted by molar-refractivity contribution is 6.30. The fraction of sp³-hybridized carbons (Fsp3) is 0.200. The first-order valence-electron chi connectivity index (χ1n) is 6.38. The summed E-state index contributed by atoms with van der Waals surface area (Å²) in [4.78, 5) is 0. The fourth-order valence-corrected chi connectivity index (χ4v) is 2.37. The molecule has 2 aromatic carbocycles. The molecule has 1 atom stereocenters. The lowest BCUT2D eigenvalue weighted by molar-refractivity contribution is 0.386. The number of nitrogens with one attached hydrogen (secondary N) is 1. The van der Waals surface area contributed by atoms with Gasteiger partial charge in [-0.2, -0.15) is 0 Å². The monoisotopic (exact) mass is 309 g/mol. The maximum atomic E-state index is 13.7. The Morgan fingerprint density at radius 3 is 2.62 bits per heavy atom. The third kappa shape index (κ3) is 3.64. The zero-order valence-electron chi connectivity index (χ0n) is 11.6. The van der Waals surface area contributed by atoms with Crippen LogP contribution in [-0.4, -0.2) is 7.11 Å². The number of rotatable bonds is 5. The van der Waals surface area contributed by atoms with E-state index in [9.17, 15) is 4.39 Å². The highest BCUT2D eigenvalue weighted by atomic mass is 35.5. The molecule has 0 aliphatic rings. The van der Waals surface area contributed by atoms with Crippen LogP contribution in [0.15, 0.2) is 36.4 Å². The highest BCUT2D eigenvalue weighted by Crippen LogP contribution is 2.27. The van der Waals surface area contributed by atoms with Crippen molar-refractivity contribution in [3.05, 3.63) is 58.4 Å². The van der Waals surface area contributed by atoms with Gasteiger partial charge in [-0.1, -0.05) is 23.7 Å². The number of hydrogen-bond donors (Lipinski definition) is 3. The standard InChI is InChI=1S/C15H17ClFN3O/c1-21-15-5-2-9(6-12(15)17)7-14(20-19)11-4-3-10(16)8-13(11)18/h2-6,8,14,20H,7,18-19H2,1H3. The molecule has 2 aromatic rings. The van der Waals surface area contributed by atoms with E-state index in [1.807, 2.05) is 6.07 Å². The maximum Gasteiger partial charge on any atom is 0.165 e. The summed E-state index contributed by atoms with van der Waals surface area (Å²) in [6.07, 6.45) is 0.489. The minimum atomic E-state index is -0.408. The highest BCUT2D eigenvalue weighted by Gasteiger charge is 2.15. The van der Waals surface area contributed by atoms with Crippen molar-refractivity contribution in [1.29, 1.82) is 0 Å². The molecule has 0 heterocycles. The topological polar surface area (TPSA) is 73.3 Å². The van der Waals surface area contributed by atoms with Crippen molar-refractivity contribution in [3.63, 3.8) is 0 Å². The fourth-order valence-electron chi connectivity index (χ4n) is 2.19. The van der Waals surface area contributed by atoms with Crippen molar-refractivity contribution in [2.45, 2.75) is 12.5 Å². The summed E-state index contributed by atoms with van der Waals surface area (Å²) in [5, 5.41) is 0.558. The number of hydrazine groups is 1. The van der Waals surface area contributed by atoms with Crippen LogP contribution in [0.3, 0.4) is 0 Å². The van der Waals surface area contributed by atoms with Crippen molar-refractivity contribution < 1.29 is 9.13 Å². The van der Waals surface area contributed by atoms with Crippen molar-refractivity contribution in [3.8, 4) is 5.75 Å². The molecule has 0 amide bonds. The smallest absolute Gasteiger partial charge is 0.165 e. The van der Waals surface area contributed by atoms with Crippen LogP contribution < -0.4 is 21.7 Å². The first-order valence-corrected chi connectivity index (χ1v) is 6.76. The van der Waals surface area contributed by atoms with Gasteiger partial charge in [0.15, 0.2) is 11.6 Å². The van der Waals surface area contributed by atoms with Gasteiger partial charge in [-0.15, -0.1) is 0 Å². The molecule has 0 aliphatic carbocycles. The van der Waals surface area contributed by atoms with Crippen molar-refractivity contribution in [2.24, 2.45) is 5.84 Å². The third-order valence-corrected chi connectivity index (χ3v) is 3.52. The SMILES string of the molecule is COc1ccc(CC(NN)c2ccc(Cl)cc2N)cc1F. The Balaban J connectivity index is 2.24. The summed E-state index contributed by atoms with van der Waals surface area (Å²) in [6, 6.07) is 9.77. The summed E-state index contributed by atoms with van der Waals surface area (Å²) in [6.45, 7) is 0. The van der Waals surface area contributed by atoms with Crippen LogP contribution in [0.4, 0.5) is 10.1 Å². The summed E-state index contributed by atoms with van der Waals surface area (Å²) < 4.78 is 18.6. The average Bonchev–Trinajstić information content (AvgIpc) is 2.45. The number of methoxy groups -OCH3 is 1. The summed E-state index contributed by atoms with van der Waals surface area (Å²) in [7, 11) is 1.43. The molecule has 112 valence electrons. The molecule has 0 fully saturated rings. The Labute approximate surface area is 127 Å². The van der Waals surface area contributed by atoms with E-state index in [0.29, 0.717) is 17.1 Å². The lowest BCUT2D eigenvalue weighted by atomic mass is 9.98. The van der Waals surface area contributed by atoms with Crippen LogP contribution in [-0.2, 0) is 6.42 Å². The number of nitrogen functional groups attached to an aromatic ring is 1. The first kappa shape index (κ1) is 15.6. The molecule has 2 rings (SSSR count). The van der Waals surface area contributed by atoms with Crippen LogP contribution in [0.25, 0.3) is 0 Å². The van der Waals surface area contributed by atoms with E-state index in [2.05, 4.69) is 5.43 Å². The first-order chi connectivity index (χ1) is 10.0. The second-order valence-corrected chi connectivity index (χ2v) is 5.10. The quantitative estimate of drug-likeness (QED) is 0.451. The van der Waals surface area contributed by atoms with E-state index in [0.717, 1.165) is 11.1 Å². The number of halogens is 2. The molecule has 1 unspecified atom stereocenters. The van der Waals surface area contributed by atoms with Gasteiger partial charge in [-0.25, -0.2) is 4.39 Å². The minimum absolute atomic E-state index is 0.210. The Kier molecular flexibility index (Phi) is 5.01. The van der Waals surface area contributed by atoms with Crippen molar-refractivity contribution in [1.82, 2.24) is 5.43 Å². The Morgan fingerprint density at radius 2 is 2.05 bits per heavy atom. The van der Waals surface area contributed by atoms with Gasteiger partial charge in [-0.05, 0) is 41.8 Å². The maximum absolute atomic E-state index is 13.7. The Morgan fingerprint density at radius 1 is 1.29 bits per heavy atom. The van der Waals surface area contributed by atoms with Gasteiger partial charge >= 0.3 is 0 Å². The van der Waals surface area contributed by atoms with Crippen LogP contribution in [0, 0.1) is 5.82 Å². The van der Waals surface area contributed by atoms with Crippen molar-refractivity contribution in [2.75, 3.05) is 12.8 Å². The molecule has 0 spiro atoms. The van der Waals surface area contributed by atoms with E-state index in [1.54, 1.807) is 24.3 Å². The van der Waals surface area contributed by atoms with Gasteiger partial charge in [0.05, 0.1) is 13.2 Å². The summed E-state index contributed by atoms with van der Waals surface area (Å²) in [5.41, 5.74) is 10.8. The number of hydrogen-bond acceptors (Lipinski definition) is 4. The second kappa shape index (κ2) is 6.76. The van der Waals surface area contributed by atoms with Crippen LogP contribution in [0.1, 0.15) is 17.2 Å². The molecule has 21 heavy (non-hydrogen) atoms. The zero-order chi connectivity index (χ0) is 15.4. The van der Waals surface area contributed by atoms with E-state index in [4.69, 9.17) is 27.9 Å². The largest absolute Gasteiger partial charge is 0.494 e. The van der Waals surface area contributed by atoms with E-state index in [1.165, 1.54) is 13.2 Å². The summed E-state index contributed by atoms with van der Waals surface area (Å²) in [5.74, 6) is 5.40. The van der Waals surface area contributed by atoms with Gasteiger partial charge in [0, 0.05) is 10.7 Å². The van der Waals surface area contributed by atoms with E-state index in [-0.39, 0.29) is 11.8 Å². The summed E-state index contributed by atoms with van der Waals surface area (Å²) >= 11 is 5.88. The zero-order valence-corrected chi connectivity index (χ0v) is 12.3. The molecular weight excluding hydrogens is 293 g/mol. The molecule has 0 saturated heterocycles. The number of nitrogens with two attached hydrogens (primary N) is 2. The number of benzene rings is 2. The molecule has 0 aliphatic heterocycles. The minimum Gasteiger partial charge on any atom is -0.494 e. The Bertz CT molecular complexity index is 636. The molecule has 6 heteroatoms. The normalized spacial score (nSPS) is 12.2. The van der Waals surface area contributed by atoms with Crippen LogP contribution in [0.5, 0.6) is 5.75 Å². The molecule has 5 N–H and O–H groups in total. The van der Waals surface area contributed by atoms with E-state index < -0.39 is 5.82 Å². The average molecular weight is 310 g/mol. The number of ether oxygens (including phenoxy) is 1. The van der Waals surface area contributed by atoms with Gasteiger partial charge in [-0.3, -0.25) is 11.3 Å². The van der Waals surface area contributed by atoms with Gasteiger partial charge < -0.3 is 10.5 Å². The predicted molar refractivity (Wildman–Crippen MR) is 82.6 cm³/mol. The molecule has 0 aromatic heterocycles. The van der Waals surface area contributed by atoms with Crippen LogP contribution >= 0.6 is 11.6 Å².